The summed E-state index contributed by atoms with van der Waals surface area (Å²) in [6.07, 6.45) is 1.11. The van der Waals surface area contributed by atoms with Crippen LogP contribution in [-0.4, -0.2) is 119 Å². The Hall–Kier alpha value is -1.11. The van der Waals surface area contributed by atoms with Gasteiger partial charge in [-0.05, 0) is 0 Å². The van der Waals surface area contributed by atoms with Crippen LogP contribution in [0.15, 0.2) is 12.7 Å². The van der Waals surface area contributed by atoms with E-state index < -0.39 is 5.97 Å². The van der Waals surface area contributed by atoms with Crippen LogP contribution in [0.5, 0.6) is 0 Å². The molecule has 0 aromatic carbocycles. The van der Waals surface area contributed by atoms with Crippen LogP contribution in [0.1, 0.15) is 0 Å². The van der Waals surface area contributed by atoms with Crippen LogP contribution in [0.3, 0.4) is 0 Å². The van der Waals surface area contributed by atoms with E-state index in [2.05, 4.69) is 6.58 Å². The zero-order chi connectivity index (χ0) is 22.0. The highest BCUT2D eigenvalue weighted by Crippen LogP contribution is 1.86. The molecule has 30 heavy (non-hydrogen) atoms. The molecule has 0 aliphatic heterocycles. The Morgan fingerprint density at radius 1 is 0.533 bits per heavy atom. The average molecular weight is 439 g/mol. The van der Waals surface area contributed by atoms with Crippen LogP contribution in [0.4, 0.5) is 0 Å². The molecule has 0 fully saturated rings. The topological polar surface area (TPSA) is 100 Å². The van der Waals surface area contributed by atoms with Gasteiger partial charge < -0.3 is 42.6 Å². The average Bonchev–Trinajstić information content (AvgIpc) is 2.76. The molecule has 0 aliphatic rings. The van der Waals surface area contributed by atoms with Crippen molar-refractivity contribution in [2.24, 2.45) is 0 Å². The maximum Gasteiger partial charge on any atom is 0.330 e. The van der Waals surface area contributed by atoms with Gasteiger partial charge in [0.1, 0.15) is 6.61 Å². The molecule has 0 atom stereocenters. The Balaban J connectivity index is 3.02. The van der Waals surface area contributed by atoms with Crippen LogP contribution in [0.25, 0.3) is 0 Å². The summed E-state index contributed by atoms with van der Waals surface area (Å²) < 4.78 is 47.0. The summed E-state index contributed by atoms with van der Waals surface area (Å²) >= 11 is 0. The number of carbonyl (C=O) groups excluding carboxylic acids is 1. The molecule has 0 aromatic heterocycles. The minimum Gasteiger partial charge on any atom is -0.460 e. The van der Waals surface area contributed by atoms with Gasteiger partial charge in [0, 0.05) is 13.2 Å². The molecule has 0 heterocycles. The molecule has 178 valence electrons. The predicted molar refractivity (Wildman–Crippen MR) is 109 cm³/mol. The van der Waals surface area contributed by atoms with Crippen molar-refractivity contribution in [3.05, 3.63) is 12.7 Å². The zero-order valence-electron chi connectivity index (χ0n) is 18.2. The number of hydrogen-bond acceptors (Lipinski definition) is 10. The van der Waals surface area contributed by atoms with Gasteiger partial charge in [-0.25, -0.2) is 4.79 Å². The molecule has 0 aromatic rings. The first-order valence-corrected chi connectivity index (χ1v) is 10.1. The second-order valence-electron chi connectivity index (χ2n) is 5.65. The summed E-state index contributed by atoms with van der Waals surface area (Å²) in [7, 11) is 1.64. The molecule has 0 saturated carbocycles. The van der Waals surface area contributed by atoms with E-state index in [1.165, 1.54) is 0 Å². The highest BCUT2D eigenvalue weighted by molar-refractivity contribution is 5.81. The van der Waals surface area contributed by atoms with E-state index in [4.69, 9.17) is 42.6 Å². The number of ether oxygens (including phenoxy) is 9. The number of esters is 1. The fourth-order valence-electron chi connectivity index (χ4n) is 1.82. The predicted octanol–water partition coefficient (Wildman–Crippen LogP) is 0.478. The normalized spacial score (nSPS) is 11.0. The summed E-state index contributed by atoms with van der Waals surface area (Å²) in [5, 5.41) is 0. The van der Waals surface area contributed by atoms with E-state index in [0.29, 0.717) is 99.1 Å². The molecule has 0 aliphatic carbocycles. The summed E-state index contributed by atoms with van der Waals surface area (Å²) in [6.45, 7) is 11.1. The molecular formula is C20H38O10. The Kier molecular flexibility index (Phi) is 25.0. The van der Waals surface area contributed by atoms with Crippen molar-refractivity contribution >= 4 is 5.97 Å². The molecule has 0 rings (SSSR count). The van der Waals surface area contributed by atoms with E-state index in [9.17, 15) is 4.79 Å². The van der Waals surface area contributed by atoms with Crippen LogP contribution in [0.2, 0.25) is 0 Å². The van der Waals surface area contributed by atoms with Crippen LogP contribution < -0.4 is 0 Å². The lowest BCUT2D eigenvalue weighted by Gasteiger charge is -2.08. The Morgan fingerprint density at radius 2 is 0.800 bits per heavy atom. The lowest BCUT2D eigenvalue weighted by molar-refractivity contribution is -0.139. The van der Waals surface area contributed by atoms with E-state index in [1.807, 2.05) is 0 Å². The highest BCUT2D eigenvalue weighted by Gasteiger charge is 1.96. The van der Waals surface area contributed by atoms with Crippen molar-refractivity contribution in [1.29, 1.82) is 0 Å². The summed E-state index contributed by atoms with van der Waals surface area (Å²) in [6, 6.07) is 0. The lowest BCUT2D eigenvalue weighted by atomic mass is 10.6. The molecular weight excluding hydrogens is 400 g/mol. The molecule has 10 heteroatoms. The van der Waals surface area contributed by atoms with Crippen molar-refractivity contribution in [2.45, 2.75) is 0 Å². The van der Waals surface area contributed by atoms with Crippen LogP contribution >= 0.6 is 0 Å². The third-order valence-electron chi connectivity index (χ3n) is 3.30. The first kappa shape index (κ1) is 28.9. The standard InChI is InChI=1S/C20H38O10/c1-3-20(21)30-19-18-29-17-16-28-15-14-27-13-12-26-11-10-25-9-8-24-7-6-23-5-4-22-2/h3H,1,4-19H2,2H3. The Bertz CT molecular complexity index is 367. The zero-order valence-corrected chi connectivity index (χ0v) is 18.2. The van der Waals surface area contributed by atoms with Crippen LogP contribution in [0, 0.1) is 0 Å². The van der Waals surface area contributed by atoms with E-state index in [-0.39, 0.29) is 6.61 Å². The number of rotatable bonds is 25. The quantitative estimate of drug-likeness (QED) is 0.114. The third-order valence-corrected chi connectivity index (χ3v) is 3.30. The van der Waals surface area contributed by atoms with Crippen molar-refractivity contribution in [3.8, 4) is 0 Å². The maximum absolute atomic E-state index is 10.8. The fraction of sp³-hybridized carbons (Fsp3) is 0.850. The molecule has 0 radical (unpaired) electrons. The van der Waals surface area contributed by atoms with Gasteiger partial charge in [0.2, 0.25) is 0 Å². The third kappa shape index (κ3) is 24.9. The molecule has 0 amide bonds. The van der Waals surface area contributed by atoms with Crippen molar-refractivity contribution in [1.82, 2.24) is 0 Å². The van der Waals surface area contributed by atoms with Gasteiger partial charge in [-0.2, -0.15) is 0 Å². The Labute approximate surface area is 179 Å². The second kappa shape index (κ2) is 25.9. The highest BCUT2D eigenvalue weighted by atomic mass is 16.6. The Morgan fingerprint density at radius 3 is 1.07 bits per heavy atom. The summed E-state index contributed by atoms with van der Waals surface area (Å²) in [5.41, 5.74) is 0. The minimum absolute atomic E-state index is 0.206. The van der Waals surface area contributed by atoms with Crippen molar-refractivity contribution < 1.29 is 47.4 Å². The van der Waals surface area contributed by atoms with Gasteiger partial charge in [0.05, 0.1) is 99.1 Å². The molecule has 10 nitrogen and oxygen atoms in total. The summed E-state index contributed by atoms with van der Waals surface area (Å²) in [5.74, 6) is -0.454. The van der Waals surface area contributed by atoms with Crippen molar-refractivity contribution in [3.63, 3.8) is 0 Å². The van der Waals surface area contributed by atoms with E-state index in [1.54, 1.807) is 7.11 Å². The van der Waals surface area contributed by atoms with E-state index in [0.717, 1.165) is 6.08 Å². The van der Waals surface area contributed by atoms with Gasteiger partial charge in [-0.15, -0.1) is 0 Å². The molecule has 0 N–H and O–H groups in total. The van der Waals surface area contributed by atoms with Gasteiger partial charge in [-0.1, -0.05) is 6.58 Å². The maximum atomic E-state index is 10.8. The molecule has 0 saturated heterocycles. The van der Waals surface area contributed by atoms with Gasteiger partial charge in [-0.3, -0.25) is 0 Å². The molecule has 0 bridgehead atoms. The monoisotopic (exact) mass is 438 g/mol. The molecule has 0 spiro atoms. The first-order valence-electron chi connectivity index (χ1n) is 10.1. The smallest absolute Gasteiger partial charge is 0.330 e. The number of methoxy groups -OCH3 is 1. The number of carbonyl (C=O) groups is 1. The largest absolute Gasteiger partial charge is 0.460 e. The number of hydrogen-bond donors (Lipinski definition) is 0. The second-order valence-corrected chi connectivity index (χ2v) is 5.65. The SMILES string of the molecule is C=CC(=O)OCCOCCOCCOCCOCCOCCOCCOCCOC. The van der Waals surface area contributed by atoms with Crippen LogP contribution in [-0.2, 0) is 47.4 Å². The van der Waals surface area contributed by atoms with Crippen molar-refractivity contribution in [2.75, 3.05) is 113 Å². The fourth-order valence-corrected chi connectivity index (χ4v) is 1.82. The minimum atomic E-state index is -0.454. The van der Waals surface area contributed by atoms with Gasteiger partial charge in [0.15, 0.2) is 0 Å². The summed E-state index contributed by atoms with van der Waals surface area (Å²) in [4.78, 5) is 10.8. The van der Waals surface area contributed by atoms with Gasteiger partial charge >= 0.3 is 5.97 Å². The van der Waals surface area contributed by atoms with Gasteiger partial charge in [0.25, 0.3) is 0 Å². The van der Waals surface area contributed by atoms with E-state index >= 15 is 0 Å². The lowest BCUT2D eigenvalue weighted by Crippen LogP contribution is -2.15. The first-order chi connectivity index (χ1) is 14.8. The molecule has 0 unspecified atom stereocenters.